The van der Waals surface area contributed by atoms with Gasteiger partial charge in [-0.25, -0.2) is 35.7 Å². The third-order valence-electron chi connectivity index (χ3n) is 22.8. The minimum atomic E-state index is 0.371. The summed E-state index contributed by atoms with van der Waals surface area (Å²) in [5.74, 6) is 13.7. The van der Waals surface area contributed by atoms with Crippen LogP contribution < -0.4 is 105 Å². The van der Waals surface area contributed by atoms with Crippen LogP contribution in [0.15, 0.2) is 0 Å². The molecule has 50 nitrogen and oxygen atoms in total. The molecular formula is C75H140N50. The molecule has 8 saturated heterocycles. The molecule has 10 aliphatic rings. The monoisotopic (exact) mass is 1740 g/mol. The van der Waals surface area contributed by atoms with Gasteiger partial charge in [0.2, 0.25) is 119 Å². The summed E-state index contributed by atoms with van der Waals surface area (Å²) in [6.07, 6.45) is 35.4. The fourth-order valence-electron chi connectivity index (χ4n) is 15.6. The maximum absolute atomic E-state index is 5.61. The van der Waals surface area contributed by atoms with Crippen molar-refractivity contribution in [3.8, 4) is 0 Å². The second-order valence-corrected chi connectivity index (χ2v) is 32.8. The van der Waals surface area contributed by atoms with Gasteiger partial charge in [-0.05, 0) is 154 Å². The number of nitrogens with one attached hydrogen (secondary N) is 11. The van der Waals surface area contributed by atoms with Gasteiger partial charge < -0.3 is 105 Å². The lowest BCUT2D eigenvalue weighted by Crippen LogP contribution is -2.31. The number of nitrogen functional groups attached to an aromatic ring is 6. The van der Waals surface area contributed by atoms with E-state index >= 15 is 0 Å². The standard InChI is InChI=1S/C9H17N5.4C8H15N5.4C7H13N5.C6H11N5/c1-13(2)8-10-9(12-11-8)14-6-4-3-5-7-14;1-12(2)7-9-8(11-10-7)13-5-3-4-6-13;1-12-7(9)10-11-8(12)13-5-3-2-4-6-13;1-9-7-10-8(12-11-7)13-5-3-2-4-6-13;1-13-7(9)11-12-8(13)10-6-4-2-3-5-6;1-11-6(8)9-10-7(11)12-4-2-3-5-12;1-8-6-9-7(11-10-6)12-4-2-3-5-12;8-6-9-7(11-10-6)12-4-2-1-3-5-12;8-6-10-7(12-11-6)9-5-3-1-2-4-5;7-5-8-6(10-9-5)11-3-1-2-4-11/h3-7H2,1-2H3,(H,10,11,12);3-6H2,1-2H3,(H,9,10,11);2-6H2,1H3,(H2,9,10);2-6H2,1H3,(H2,9,10,11,12);6H,2-5H2,1H3,(H2,9,11)(H,10,12);2-5H2,1H3,(H2,8,9);2-5H2,1H3,(H2,8,9,10,11);1-5H2,(H3,8,9,10,11);5H,1-4H2,(H4,8,9,10,11,12);1-4H2,(H3,7,8,9,10). The summed E-state index contributed by atoms with van der Waals surface area (Å²) in [6.45, 7) is 17.2. The van der Waals surface area contributed by atoms with Gasteiger partial charge in [-0.1, -0.05) is 25.7 Å². The van der Waals surface area contributed by atoms with E-state index < -0.39 is 0 Å². The molecule has 10 aromatic rings. The van der Waals surface area contributed by atoms with Crippen molar-refractivity contribution in [3.63, 3.8) is 0 Å². The third kappa shape index (κ3) is 28.7. The Morgan fingerprint density at radius 1 is 0.288 bits per heavy atom. The Kier molecular flexibility index (Phi) is 36.1. The van der Waals surface area contributed by atoms with Gasteiger partial charge in [0, 0.05) is 180 Å². The normalized spacial score (nSPS) is 17.5. The number of nitrogens with zero attached hydrogens (tertiary/aromatic N) is 33. The summed E-state index contributed by atoms with van der Waals surface area (Å²) >= 11 is 0. The van der Waals surface area contributed by atoms with Crippen LogP contribution in [-0.4, -0.2) is 310 Å². The van der Waals surface area contributed by atoms with Gasteiger partial charge in [0.15, 0.2) is 0 Å². The van der Waals surface area contributed by atoms with Gasteiger partial charge in [0.05, 0.1) is 0 Å². The quantitative estimate of drug-likeness (QED) is 0.0614. The molecular weight excluding hydrogens is 1600 g/mol. The Hall–Kier alpha value is -12.6. The summed E-state index contributed by atoms with van der Waals surface area (Å²) in [5, 5.41) is 83.7. The summed E-state index contributed by atoms with van der Waals surface area (Å²) < 4.78 is 5.44. The average molecular weight is 1740 g/mol. The van der Waals surface area contributed by atoms with Crippen LogP contribution in [0.3, 0.4) is 0 Å². The minimum absolute atomic E-state index is 0.371. The highest BCUT2D eigenvalue weighted by Crippen LogP contribution is 2.27. The largest absolute Gasteiger partial charge is 0.368 e. The van der Waals surface area contributed by atoms with Crippen molar-refractivity contribution in [2.45, 2.75) is 192 Å². The number of hydrogen-bond acceptors (Lipinski definition) is 40. The number of aromatic nitrogens is 30. The van der Waals surface area contributed by atoms with E-state index in [0.717, 1.165) is 182 Å². The number of piperidine rings is 4. The van der Waals surface area contributed by atoms with Crippen LogP contribution in [0.5, 0.6) is 0 Å². The van der Waals surface area contributed by atoms with Crippen molar-refractivity contribution in [1.29, 1.82) is 0 Å². The highest BCUT2D eigenvalue weighted by molar-refractivity contribution is 5.44. The van der Waals surface area contributed by atoms with Crippen molar-refractivity contribution >= 4 is 119 Å². The predicted molar refractivity (Wildman–Crippen MR) is 494 cm³/mol. The highest BCUT2D eigenvalue weighted by atomic mass is 15.5. The van der Waals surface area contributed by atoms with E-state index in [9.17, 15) is 0 Å². The van der Waals surface area contributed by atoms with Gasteiger partial charge in [-0.15, -0.1) is 66.3 Å². The van der Waals surface area contributed by atoms with Crippen LogP contribution >= 0.6 is 0 Å². The van der Waals surface area contributed by atoms with Crippen LogP contribution in [0.4, 0.5) is 119 Å². The summed E-state index contributed by atoms with van der Waals surface area (Å²) in [4.78, 5) is 50.9. The molecule has 0 unspecified atom stereocenters. The molecule has 10 aromatic heterocycles. The lowest BCUT2D eigenvalue weighted by molar-refractivity contribution is 0.562. The van der Waals surface area contributed by atoms with E-state index in [0.29, 0.717) is 53.7 Å². The van der Waals surface area contributed by atoms with Crippen molar-refractivity contribution in [1.82, 2.24) is 151 Å². The second kappa shape index (κ2) is 48.5. The lowest BCUT2D eigenvalue weighted by atomic mass is 10.1. The molecule has 2 saturated carbocycles. The Labute approximate surface area is 731 Å². The first-order chi connectivity index (χ1) is 60.7. The molecule has 18 heterocycles. The number of nitrogens with two attached hydrogens (primary N) is 6. The van der Waals surface area contributed by atoms with Crippen molar-refractivity contribution < 1.29 is 0 Å². The number of rotatable bonds is 16. The second-order valence-electron chi connectivity index (χ2n) is 32.8. The number of H-pyrrole nitrogens is 7. The molecule has 0 spiro atoms. The Morgan fingerprint density at radius 2 is 0.584 bits per heavy atom. The van der Waals surface area contributed by atoms with Gasteiger partial charge >= 0.3 is 0 Å². The van der Waals surface area contributed by atoms with Gasteiger partial charge in [0.25, 0.3) is 0 Å². The SMILES string of the molecule is CN(C)c1n[nH]c(N2CCCC2)n1.CN(C)c1n[nH]c(N2CCCCC2)n1.CNc1nc(N2CCCC2)n[nH]1.CNc1nc(N2CCCCC2)n[nH]1.Cn1c(N)nnc1N1CCCC1.Cn1c(N)nnc1N1CCCCC1.Cn1c(N)nnc1NC1CCCC1.Nc1nc(N2CCCC2)n[nH]1.Nc1nc(N2CCCCC2)n[nH]1.Nc1nc(NC2CCCC2)n[nH]1. The van der Waals surface area contributed by atoms with Crippen molar-refractivity contribution in [3.05, 3.63) is 0 Å². The maximum Gasteiger partial charge on any atom is 0.246 e. The maximum atomic E-state index is 5.61. The number of hydrogen-bond donors (Lipinski definition) is 17. The summed E-state index contributed by atoms with van der Waals surface area (Å²) in [6, 6.07) is 1.10. The molecule has 8 aliphatic heterocycles. The third-order valence-corrected chi connectivity index (χ3v) is 22.8. The Bertz CT molecular complexity index is 4550. The summed E-state index contributed by atoms with van der Waals surface area (Å²) in [7, 11) is 17.1. The van der Waals surface area contributed by atoms with Crippen molar-refractivity contribution in [2.75, 3.05) is 252 Å². The average Bonchev–Trinajstić information content (AvgIpc) is 1.73. The Balaban J connectivity index is 0.000000135. The zero-order valence-electron chi connectivity index (χ0n) is 75.0. The van der Waals surface area contributed by atoms with E-state index in [-0.39, 0.29) is 0 Å². The first kappa shape index (κ1) is 93.1. The fraction of sp³-hybridized carbons (Fsp3) is 0.733. The van der Waals surface area contributed by atoms with E-state index in [1.807, 2.05) is 82.4 Å². The van der Waals surface area contributed by atoms with E-state index in [1.165, 1.54) is 180 Å². The van der Waals surface area contributed by atoms with Gasteiger partial charge in [-0.3, -0.25) is 13.7 Å². The van der Waals surface area contributed by atoms with E-state index in [2.05, 4.69) is 197 Å². The Morgan fingerprint density at radius 3 is 0.864 bits per heavy atom. The zero-order valence-corrected chi connectivity index (χ0v) is 75.0. The van der Waals surface area contributed by atoms with E-state index in [1.54, 1.807) is 4.57 Å². The smallest absolute Gasteiger partial charge is 0.246 e. The van der Waals surface area contributed by atoms with Gasteiger partial charge in [-0.2, -0.15) is 34.9 Å². The molecule has 690 valence electrons. The molecule has 2 aliphatic carbocycles. The number of aromatic amines is 7. The van der Waals surface area contributed by atoms with Crippen LogP contribution in [0.25, 0.3) is 0 Å². The topological polar surface area (TPSA) is 620 Å². The molecule has 0 radical (unpaired) electrons. The van der Waals surface area contributed by atoms with Crippen molar-refractivity contribution in [2.24, 2.45) is 21.1 Å². The molecule has 0 bridgehead atoms. The predicted octanol–water partition coefficient (Wildman–Crippen LogP) is 4.86. The van der Waals surface area contributed by atoms with Gasteiger partial charge in [0.1, 0.15) is 0 Å². The lowest BCUT2D eigenvalue weighted by Gasteiger charge is -2.26. The first-order valence-electron chi connectivity index (χ1n) is 44.7. The molecule has 125 heavy (non-hydrogen) atoms. The van der Waals surface area contributed by atoms with Crippen LogP contribution in [-0.2, 0) is 21.1 Å². The molecule has 20 rings (SSSR count). The fourth-order valence-corrected chi connectivity index (χ4v) is 15.6. The summed E-state index contributed by atoms with van der Waals surface area (Å²) in [5.41, 5.74) is 32.9. The van der Waals surface area contributed by atoms with Crippen LogP contribution in [0.1, 0.15) is 180 Å². The van der Waals surface area contributed by atoms with E-state index in [4.69, 9.17) is 34.4 Å². The van der Waals surface area contributed by atoms with Crippen LogP contribution in [0, 0.1) is 0 Å². The molecule has 10 fully saturated rings. The zero-order chi connectivity index (χ0) is 88.2. The molecule has 23 N–H and O–H groups in total. The number of anilines is 20. The molecule has 0 amide bonds. The first-order valence-corrected chi connectivity index (χ1v) is 44.7. The minimum Gasteiger partial charge on any atom is -0.368 e. The molecule has 0 atom stereocenters. The highest BCUT2D eigenvalue weighted by Gasteiger charge is 2.25. The molecule has 50 heteroatoms. The molecule has 0 aromatic carbocycles. The van der Waals surface area contributed by atoms with Crippen LogP contribution in [0.2, 0.25) is 0 Å².